The van der Waals surface area contributed by atoms with Crippen LogP contribution >= 0.6 is 11.3 Å². The van der Waals surface area contributed by atoms with Crippen LogP contribution in [-0.2, 0) is 14.3 Å². The molecule has 8 heteroatoms. The number of hydrogen-bond donors (Lipinski definition) is 0. The van der Waals surface area contributed by atoms with Gasteiger partial charge < -0.3 is 14.5 Å². The molecular weight excluding hydrogens is 383 g/mol. The number of hydrogen-bond acceptors (Lipinski definition) is 5. The normalized spacial score (nSPS) is 14.3. The average Bonchev–Trinajstić information content (AvgIpc) is 3.25. The van der Waals surface area contributed by atoms with Crippen molar-refractivity contribution < 1.29 is 23.5 Å². The Balaban J connectivity index is 1.42. The maximum atomic E-state index is 13.1. The highest BCUT2D eigenvalue weighted by Gasteiger charge is 2.25. The summed E-state index contributed by atoms with van der Waals surface area (Å²) in [6.07, 6.45) is 2.57. The largest absolute Gasteiger partial charge is 0.452 e. The van der Waals surface area contributed by atoms with Gasteiger partial charge in [-0.25, -0.2) is 9.18 Å². The smallest absolute Gasteiger partial charge is 0.331 e. The van der Waals surface area contributed by atoms with E-state index in [0.29, 0.717) is 36.6 Å². The minimum atomic E-state index is -0.677. The van der Waals surface area contributed by atoms with Gasteiger partial charge in [0.1, 0.15) is 5.82 Å². The topological polar surface area (TPSA) is 66.9 Å². The number of amides is 2. The summed E-state index contributed by atoms with van der Waals surface area (Å²) in [6.45, 7) is 1.30. The number of carbonyl (C=O) groups is 3. The molecule has 1 aliphatic heterocycles. The van der Waals surface area contributed by atoms with Crippen LogP contribution in [0.3, 0.4) is 0 Å². The molecule has 28 heavy (non-hydrogen) atoms. The number of benzene rings is 1. The highest BCUT2D eigenvalue weighted by Crippen LogP contribution is 2.14. The van der Waals surface area contributed by atoms with Gasteiger partial charge in [0, 0.05) is 32.3 Å². The summed E-state index contributed by atoms with van der Waals surface area (Å²) >= 11 is 1.39. The van der Waals surface area contributed by atoms with Crippen molar-refractivity contribution in [2.75, 3.05) is 32.8 Å². The number of piperazine rings is 1. The Labute approximate surface area is 165 Å². The molecule has 0 saturated carbocycles. The second-order valence-electron chi connectivity index (χ2n) is 6.15. The van der Waals surface area contributed by atoms with E-state index in [1.165, 1.54) is 35.6 Å². The van der Waals surface area contributed by atoms with Gasteiger partial charge in [-0.2, -0.15) is 0 Å². The van der Waals surface area contributed by atoms with E-state index in [9.17, 15) is 18.8 Å². The van der Waals surface area contributed by atoms with Gasteiger partial charge in [0.25, 0.3) is 11.8 Å². The minimum absolute atomic E-state index is 0.0315. The Morgan fingerprint density at radius 2 is 1.82 bits per heavy atom. The summed E-state index contributed by atoms with van der Waals surface area (Å²) in [5.74, 6) is -1.42. The summed E-state index contributed by atoms with van der Waals surface area (Å²) < 4.78 is 18.0. The van der Waals surface area contributed by atoms with Gasteiger partial charge >= 0.3 is 5.97 Å². The molecule has 0 spiro atoms. The number of nitrogens with zero attached hydrogens (tertiary/aromatic N) is 2. The Hall–Kier alpha value is -3.00. The van der Waals surface area contributed by atoms with Crippen molar-refractivity contribution in [3.8, 4) is 0 Å². The van der Waals surface area contributed by atoms with Crippen molar-refractivity contribution >= 4 is 35.2 Å². The Morgan fingerprint density at radius 3 is 2.50 bits per heavy atom. The third-order valence-electron chi connectivity index (χ3n) is 4.25. The van der Waals surface area contributed by atoms with Crippen LogP contribution in [0.4, 0.5) is 4.39 Å². The molecule has 2 amide bonds. The van der Waals surface area contributed by atoms with Crippen LogP contribution in [0.15, 0.2) is 47.9 Å². The highest BCUT2D eigenvalue weighted by atomic mass is 32.1. The maximum absolute atomic E-state index is 13.1. The first-order chi connectivity index (χ1) is 13.5. The molecule has 146 valence electrons. The van der Waals surface area contributed by atoms with Crippen LogP contribution in [0.1, 0.15) is 15.2 Å². The van der Waals surface area contributed by atoms with E-state index in [2.05, 4.69) is 0 Å². The van der Waals surface area contributed by atoms with Gasteiger partial charge in [0.05, 0.1) is 4.88 Å². The molecule has 3 rings (SSSR count). The summed E-state index contributed by atoms with van der Waals surface area (Å²) in [7, 11) is 0. The fourth-order valence-electron chi connectivity index (χ4n) is 2.76. The van der Waals surface area contributed by atoms with E-state index in [1.54, 1.807) is 21.9 Å². The molecule has 1 saturated heterocycles. The Morgan fingerprint density at radius 1 is 1.07 bits per heavy atom. The van der Waals surface area contributed by atoms with E-state index in [1.807, 2.05) is 11.4 Å². The lowest BCUT2D eigenvalue weighted by atomic mass is 10.2. The third kappa shape index (κ3) is 5.26. The van der Waals surface area contributed by atoms with E-state index in [-0.39, 0.29) is 18.4 Å². The molecular formula is C20H19FN2O4S. The number of rotatable bonds is 5. The summed E-state index contributed by atoms with van der Waals surface area (Å²) in [6, 6.07) is 9.38. The molecule has 0 unspecified atom stereocenters. The highest BCUT2D eigenvalue weighted by molar-refractivity contribution is 7.12. The number of ether oxygens (including phenoxy) is 1. The van der Waals surface area contributed by atoms with Crippen LogP contribution in [-0.4, -0.2) is 60.4 Å². The SMILES string of the molecule is O=C(/C=C/c1cccc(F)c1)OCC(=O)N1CCN(C(=O)c2cccs2)CC1. The first kappa shape index (κ1) is 19.8. The van der Waals surface area contributed by atoms with Gasteiger partial charge in [-0.1, -0.05) is 18.2 Å². The van der Waals surface area contributed by atoms with Crippen LogP contribution in [0.5, 0.6) is 0 Å². The zero-order valence-corrected chi connectivity index (χ0v) is 15.9. The molecule has 0 bridgehead atoms. The van der Waals surface area contributed by atoms with Crippen LogP contribution in [0, 0.1) is 5.82 Å². The summed E-state index contributed by atoms with van der Waals surface area (Å²) in [5.41, 5.74) is 0.523. The van der Waals surface area contributed by atoms with Crippen molar-refractivity contribution in [2.24, 2.45) is 0 Å². The van der Waals surface area contributed by atoms with E-state index < -0.39 is 11.8 Å². The van der Waals surface area contributed by atoms with Gasteiger partial charge in [-0.15, -0.1) is 11.3 Å². The van der Waals surface area contributed by atoms with Crippen molar-refractivity contribution in [3.05, 3.63) is 64.1 Å². The fraction of sp³-hybridized carbons (Fsp3) is 0.250. The summed E-state index contributed by atoms with van der Waals surface area (Å²) in [4.78, 5) is 40.2. The van der Waals surface area contributed by atoms with E-state index in [4.69, 9.17) is 4.74 Å². The predicted octanol–water partition coefficient (Wildman–Crippen LogP) is 2.43. The lowest BCUT2D eigenvalue weighted by Gasteiger charge is -2.34. The molecule has 2 aromatic rings. The first-order valence-electron chi connectivity index (χ1n) is 8.74. The zero-order chi connectivity index (χ0) is 19.9. The van der Waals surface area contributed by atoms with Gasteiger partial charge in [0.15, 0.2) is 6.61 Å². The van der Waals surface area contributed by atoms with Crippen molar-refractivity contribution in [1.82, 2.24) is 9.80 Å². The molecule has 1 aliphatic rings. The monoisotopic (exact) mass is 402 g/mol. The van der Waals surface area contributed by atoms with E-state index in [0.717, 1.165) is 6.08 Å². The van der Waals surface area contributed by atoms with Crippen molar-refractivity contribution in [1.29, 1.82) is 0 Å². The zero-order valence-electron chi connectivity index (χ0n) is 15.0. The Bertz CT molecular complexity index is 874. The van der Waals surface area contributed by atoms with Gasteiger partial charge in [-0.3, -0.25) is 9.59 Å². The number of halogens is 1. The van der Waals surface area contributed by atoms with Crippen molar-refractivity contribution in [2.45, 2.75) is 0 Å². The molecule has 6 nitrogen and oxygen atoms in total. The molecule has 1 aromatic heterocycles. The lowest BCUT2D eigenvalue weighted by molar-refractivity contribution is -0.148. The van der Waals surface area contributed by atoms with Gasteiger partial charge in [0.2, 0.25) is 0 Å². The van der Waals surface area contributed by atoms with E-state index >= 15 is 0 Å². The molecule has 0 atom stereocenters. The second-order valence-corrected chi connectivity index (χ2v) is 7.09. The van der Waals surface area contributed by atoms with Crippen molar-refractivity contribution in [3.63, 3.8) is 0 Å². The first-order valence-corrected chi connectivity index (χ1v) is 9.62. The fourth-order valence-corrected chi connectivity index (χ4v) is 3.45. The second kappa shape index (κ2) is 9.27. The summed E-state index contributed by atoms with van der Waals surface area (Å²) in [5, 5.41) is 1.85. The lowest BCUT2D eigenvalue weighted by Crippen LogP contribution is -2.51. The van der Waals surface area contributed by atoms with Crippen LogP contribution in [0.2, 0.25) is 0 Å². The molecule has 1 aromatic carbocycles. The molecule has 1 fully saturated rings. The minimum Gasteiger partial charge on any atom is -0.452 e. The predicted molar refractivity (Wildman–Crippen MR) is 103 cm³/mol. The third-order valence-corrected chi connectivity index (χ3v) is 5.11. The standard InChI is InChI=1S/C20H19FN2O4S/c21-16-4-1-3-15(13-16)6-7-19(25)27-14-18(24)22-8-10-23(11-9-22)20(26)17-5-2-12-28-17/h1-7,12-13H,8-11,14H2/b7-6+. The van der Waals surface area contributed by atoms with Crippen LogP contribution in [0.25, 0.3) is 6.08 Å². The molecule has 2 heterocycles. The average molecular weight is 402 g/mol. The molecule has 0 aliphatic carbocycles. The quantitative estimate of drug-likeness (QED) is 0.569. The number of carbonyl (C=O) groups excluding carboxylic acids is 3. The van der Waals surface area contributed by atoms with Crippen LogP contribution < -0.4 is 0 Å². The number of esters is 1. The number of thiophene rings is 1. The molecule has 0 radical (unpaired) electrons. The van der Waals surface area contributed by atoms with Gasteiger partial charge in [-0.05, 0) is 35.2 Å². The molecule has 0 N–H and O–H groups in total. The Kier molecular flexibility index (Phi) is 6.54. The maximum Gasteiger partial charge on any atom is 0.331 e.